The summed E-state index contributed by atoms with van der Waals surface area (Å²) in [6.07, 6.45) is 1.78. The van der Waals surface area contributed by atoms with E-state index in [-0.39, 0.29) is 0 Å². The van der Waals surface area contributed by atoms with Crippen LogP contribution in [-0.2, 0) is 5.88 Å². The van der Waals surface area contributed by atoms with Gasteiger partial charge in [0.05, 0.1) is 5.02 Å². The Kier molecular flexibility index (Phi) is 4.30. The highest BCUT2D eigenvalue weighted by molar-refractivity contribution is 6.35. The molecule has 0 spiro atoms. The van der Waals surface area contributed by atoms with Gasteiger partial charge in [0.2, 0.25) is 0 Å². The third-order valence-corrected chi connectivity index (χ3v) is 2.47. The minimum absolute atomic E-state index is 0.525. The second kappa shape index (κ2) is 5.28. The van der Waals surface area contributed by atoms with Crippen molar-refractivity contribution in [2.24, 2.45) is 0 Å². The van der Waals surface area contributed by atoms with Crippen molar-refractivity contribution in [1.82, 2.24) is 4.98 Å². The number of halogens is 2. The molecule has 0 radical (unpaired) electrons. The van der Waals surface area contributed by atoms with Gasteiger partial charge in [-0.1, -0.05) is 31.5 Å². The van der Waals surface area contributed by atoms with E-state index in [1.807, 2.05) is 32.0 Å². The molecule has 0 aliphatic heterocycles. The van der Waals surface area contributed by atoms with Crippen LogP contribution in [0.4, 0.5) is 0 Å². The number of aromatic amines is 1. The predicted molar refractivity (Wildman–Crippen MR) is 64.2 cm³/mol. The van der Waals surface area contributed by atoms with E-state index >= 15 is 0 Å². The first-order valence-electron chi connectivity index (χ1n) is 4.63. The summed E-state index contributed by atoms with van der Waals surface area (Å²) in [4.78, 5) is 3.06. The Bertz CT molecular complexity index is 407. The number of hydrogen-bond donors (Lipinski definition) is 1. The molecule has 1 N–H and O–H groups in total. The van der Waals surface area contributed by atoms with Gasteiger partial charge in [-0.05, 0) is 17.7 Å². The first-order chi connectivity index (χ1) is 6.81. The molecule has 2 rings (SSSR count). The number of aromatic nitrogens is 1. The Hall–Kier alpha value is -0.660. The Morgan fingerprint density at radius 3 is 2.64 bits per heavy atom. The second-order valence-corrected chi connectivity index (χ2v) is 3.32. The molecule has 0 amide bonds. The molecule has 0 saturated carbocycles. The van der Waals surface area contributed by atoms with Gasteiger partial charge in [0.15, 0.2) is 0 Å². The molecule has 1 nitrogen and oxygen atoms in total. The Balaban J connectivity index is 0.000000461. The molecule has 0 bridgehead atoms. The van der Waals surface area contributed by atoms with Crippen molar-refractivity contribution >= 4 is 34.1 Å². The first-order valence-corrected chi connectivity index (χ1v) is 5.54. The fourth-order valence-electron chi connectivity index (χ4n) is 1.22. The summed E-state index contributed by atoms with van der Waals surface area (Å²) in [5.74, 6) is 0.525. The molecule has 1 aromatic heterocycles. The summed E-state index contributed by atoms with van der Waals surface area (Å²) >= 11 is 11.6. The normalized spacial score (nSPS) is 9.71. The van der Waals surface area contributed by atoms with Gasteiger partial charge in [0, 0.05) is 23.0 Å². The van der Waals surface area contributed by atoms with Gasteiger partial charge in [-0.2, -0.15) is 0 Å². The second-order valence-electron chi connectivity index (χ2n) is 2.65. The standard InChI is InChI=1S/C9H7Cl2N.C2H6/c10-4-6-1-2-9-7(3-6)8(11)5-12-9;1-2/h1-3,5,12H,4H2;1-2H3. The number of benzene rings is 1. The van der Waals surface area contributed by atoms with Gasteiger partial charge in [-0.3, -0.25) is 0 Å². The smallest absolute Gasteiger partial charge is 0.0659 e. The molecule has 2 aromatic rings. The van der Waals surface area contributed by atoms with Gasteiger partial charge >= 0.3 is 0 Å². The summed E-state index contributed by atoms with van der Waals surface area (Å²) in [7, 11) is 0. The van der Waals surface area contributed by atoms with Crippen molar-refractivity contribution in [3.63, 3.8) is 0 Å². The number of fused-ring (bicyclic) bond motifs is 1. The van der Waals surface area contributed by atoms with E-state index in [1.165, 1.54) is 0 Å². The average molecular weight is 230 g/mol. The SMILES string of the molecule is CC.ClCc1ccc2[nH]cc(Cl)c2c1. The van der Waals surface area contributed by atoms with Crippen molar-refractivity contribution in [2.45, 2.75) is 19.7 Å². The van der Waals surface area contributed by atoms with Gasteiger partial charge in [0.1, 0.15) is 0 Å². The molecule has 0 fully saturated rings. The van der Waals surface area contributed by atoms with Crippen LogP contribution in [0.25, 0.3) is 10.9 Å². The highest BCUT2D eigenvalue weighted by Crippen LogP contribution is 2.24. The van der Waals surface area contributed by atoms with Gasteiger partial charge in [0.25, 0.3) is 0 Å². The molecule has 0 atom stereocenters. The average Bonchev–Trinajstić information content (AvgIpc) is 2.63. The summed E-state index contributed by atoms with van der Waals surface area (Å²) in [6, 6.07) is 5.97. The van der Waals surface area contributed by atoms with Crippen molar-refractivity contribution < 1.29 is 0 Å². The van der Waals surface area contributed by atoms with Crippen LogP contribution in [0.1, 0.15) is 19.4 Å². The van der Waals surface area contributed by atoms with E-state index in [9.17, 15) is 0 Å². The van der Waals surface area contributed by atoms with Crippen molar-refractivity contribution in [3.05, 3.63) is 35.0 Å². The summed E-state index contributed by atoms with van der Waals surface area (Å²) in [6.45, 7) is 4.00. The monoisotopic (exact) mass is 229 g/mol. The van der Waals surface area contributed by atoms with Crippen LogP contribution in [0.3, 0.4) is 0 Å². The summed E-state index contributed by atoms with van der Waals surface area (Å²) < 4.78 is 0. The largest absolute Gasteiger partial charge is 0.360 e. The zero-order chi connectivity index (χ0) is 10.6. The highest BCUT2D eigenvalue weighted by atomic mass is 35.5. The number of nitrogens with one attached hydrogen (secondary N) is 1. The Morgan fingerprint density at radius 1 is 1.29 bits per heavy atom. The van der Waals surface area contributed by atoms with Crippen LogP contribution < -0.4 is 0 Å². The Labute approximate surface area is 94.0 Å². The van der Waals surface area contributed by atoms with Gasteiger partial charge in [-0.15, -0.1) is 11.6 Å². The summed E-state index contributed by atoms with van der Waals surface area (Å²) in [5.41, 5.74) is 2.14. The molecule has 0 aliphatic carbocycles. The number of alkyl halides is 1. The third kappa shape index (κ3) is 2.23. The molecular formula is C11H13Cl2N. The molecule has 1 heterocycles. The van der Waals surface area contributed by atoms with Gasteiger partial charge < -0.3 is 4.98 Å². The summed E-state index contributed by atoms with van der Waals surface area (Å²) in [5, 5.41) is 1.78. The lowest BCUT2D eigenvalue weighted by Gasteiger charge is -1.94. The Morgan fingerprint density at radius 2 is 2.00 bits per heavy atom. The fraction of sp³-hybridized carbons (Fsp3) is 0.273. The minimum atomic E-state index is 0.525. The van der Waals surface area contributed by atoms with Crippen LogP contribution in [0.15, 0.2) is 24.4 Å². The zero-order valence-electron chi connectivity index (χ0n) is 8.27. The number of H-pyrrole nitrogens is 1. The maximum atomic E-state index is 5.93. The van der Waals surface area contributed by atoms with Crippen LogP contribution >= 0.6 is 23.2 Å². The fourth-order valence-corrected chi connectivity index (χ4v) is 1.59. The van der Waals surface area contributed by atoms with Crippen molar-refractivity contribution in [2.75, 3.05) is 0 Å². The molecule has 14 heavy (non-hydrogen) atoms. The van der Waals surface area contributed by atoms with Crippen molar-refractivity contribution in [1.29, 1.82) is 0 Å². The molecule has 0 saturated heterocycles. The molecule has 76 valence electrons. The molecule has 0 aliphatic rings. The van der Waals surface area contributed by atoms with E-state index in [1.54, 1.807) is 6.20 Å². The maximum absolute atomic E-state index is 5.93. The molecule has 0 unspecified atom stereocenters. The topological polar surface area (TPSA) is 15.8 Å². The molecular weight excluding hydrogens is 217 g/mol. The predicted octanol–water partition coefficient (Wildman–Crippen LogP) is 4.59. The lowest BCUT2D eigenvalue weighted by Crippen LogP contribution is -1.76. The third-order valence-electron chi connectivity index (χ3n) is 1.85. The van der Waals surface area contributed by atoms with E-state index < -0.39 is 0 Å². The van der Waals surface area contributed by atoms with Crippen molar-refractivity contribution in [3.8, 4) is 0 Å². The lowest BCUT2D eigenvalue weighted by atomic mass is 10.2. The maximum Gasteiger partial charge on any atom is 0.0659 e. The molecule has 1 aromatic carbocycles. The van der Waals surface area contributed by atoms with Crippen LogP contribution in [0, 0.1) is 0 Å². The number of hydrogen-bond acceptors (Lipinski definition) is 0. The lowest BCUT2D eigenvalue weighted by molar-refractivity contribution is 1.41. The minimum Gasteiger partial charge on any atom is -0.360 e. The first kappa shape index (κ1) is 11.4. The van der Waals surface area contributed by atoms with Crippen LogP contribution in [-0.4, -0.2) is 4.98 Å². The van der Waals surface area contributed by atoms with E-state index in [0.29, 0.717) is 5.88 Å². The van der Waals surface area contributed by atoms with Gasteiger partial charge in [-0.25, -0.2) is 0 Å². The molecule has 3 heteroatoms. The van der Waals surface area contributed by atoms with E-state index in [2.05, 4.69) is 4.98 Å². The van der Waals surface area contributed by atoms with E-state index in [0.717, 1.165) is 21.5 Å². The van der Waals surface area contributed by atoms with E-state index in [4.69, 9.17) is 23.2 Å². The highest BCUT2D eigenvalue weighted by Gasteiger charge is 2.00. The quantitative estimate of drug-likeness (QED) is 0.690. The van der Waals surface area contributed by atoms with Crippen LogP contribution in [0.2, 0.25) is 5.02 Å². The zero-order valence-corrected chi connectivity index (χ0v) is 9.78. The number of rotatable bonds is 1. The van der Waals surface area contributed by atoms with Crippen LogP contribution in [0.5, 0.6) is 0 Å².